The zero-order valence-corrected chi connectivity index (χ0v) is 21.3. The van der Waals surface area contributed by atoms with E-state index >= 15 is 0 Å². The summed E-state index contributed by atoms with van der Waals surface area (Å²) in [6.45, 7) is 12.2. The summed E-state index contributed by atoms with van der Waals surface area (Å²) in [6, 6.07) is 13.3. The van der Waals surface area contributed by atoms with Crippen molar-refractivity contribution >= 4 is 17.6 Å². The van der Waals surface area contributed by atoms with Gasteiger partial charge in [-0.05, 0) is 77.4 Å². The van der Waals surface area contributed by atoms with Gasteiger partial charge in [0.25, 0.3) is 5.89 Å². The first-order valence-electron chi connectivity index (χ1n) is 11.4. The minimum Gasteiger partial charge on any atom is -0.489 e. The van der Waals surface area contributed by atoms with E-state index in [2.05, 4.69) is 29.3 Å². The van der Waals surface area contributed by atoms with E-state index in [0.717, 1.165) is 16.7 Å². The maximum Gasteiger partial charge on any atom is 0.307 e. The lowest BCUT2D eigenvalue weighted by molar-refractivity contribution is -0.147. The normalized spacial score (nSPS) is 11.8. The summed E-state index contributed by atoms with van der Waals surface area (Å²) in [5, 5.41) is 8.01. The molecule has 1 aromatic heterocycles. The van der Waals surface area contributed by atoms with Crippen molar-refractivity contribution < 1.29 is 18.8 Å². The predicted molar refractivity (Wildman–Crippen MR) is 133 cm³/mol. The Morgan fingerprint density at radius 3 is 2.35 bits per heavy atom. The summed E-state index contributed by atoms with van der Waals surface area (Å²) in [7, 11) is 0. The Morgan fingerprint density at radius 2 is 1.74 bits per heavy atom. The molecule has 0 saturated heterocycles. The van der Waals surface area contributed by atoms with Gasteiger partial charge in [-0.1, -0.05) is 28.9 Å². The molecule has 0 atom stereocenters. The van der Waals surface area contributed by atoms with Gasteiger partial charge in [-0.3, -0.25) is 4.79 Å². The fourth-order valence-electron chi connectivity index (χ4n) is 3.38. The van der Waals surface area contributed by atoms with Gasteiger partial charge in [-0.2, -0.15) is 4.98 Å². The summed E-state index contributed by atoms with van der Waals surface area (Å²) in [4.78, 5) is 16.3. The van der Waals surface area contributed by atoms with Crippen molar-refractivity contribution in [1.82, 2.24) is 15.5 Å². The molecule has 34 heavy (non-hydrogen) atoms. The zero-order chi connectivity index (χ0) is 24.9. The SMILES string of the molecule is CC(C)OC(=O)CCNC(C)(C)c1ccc(-c2nc(-c3ccc(OC(C)C)c(Cl)c3)no2)cc1. The molecule has 0 aliphatic heterocycles. The molecule has 2 aromatic carbocycles. The highest BCUT2D eigenvalue weighted by Crippen LogP contribution is 2.31. The number of benzene rings is 2. The van der Waals surface area contributed by atoms with Crippen LogP contribution in [-0.4, -0.2) is 34.9 Å². The smallest absolute Gasteiger partial charge is 0.307 e. The van der Waals surface area contributed by atoms with Crippen LogP contribution in [0.3, 0.4) is 0 Å². The molecule has 0 saturated carbocycles. The predicted octanol–water partition coefficient (Wildman–Crippen LogP) is 6.01. The molecule has 0 amide bonds. The Morgan fingerprint density at radius 1 is 1.06 bits per heavy atom. The van der Waals surface area contributed by atoms with Crippen molar-refractivity contribution in [3.05, 3.63) is 53.1 Å². The first-order chi connectivity index (χ1) is 16.0. The second-order valence-electron chi connectivity index (χ2n) is 9.15. The molecule has 0 spiro atoms. The number of halogens is 1. The van der Waals surface area contributed by atoms with Crippen LogP contribution in [-0.2, 0) is 15.1 Å². The molecule has 3 aromatic rings. The molecule has 0 unspecified atom stereocenters. The van der Waals surface area contributed by atoms with Crippen LogP contribution >= 0.6 is 11.6 Å². The Kier molecular flexibility index (Phi) is 8.33. The van der Waals surface area contributed by atoms with Crippen LogP contribution in [0.1, 0.15) is 53.5 Å². The molecule has 1 heterocycles. The summed E-state index contributed by atoms with van der Waals surface area (Å²) >= 11 is 6.34. The van der Waals surface area contributed by atoms with Crippen LogP contribution in [0.4, 0.5) is 0 Å². The molecule has 0 aliphatic rings. The summed E-state index contributed by atoms with van der Waals surface area (Å²) in [6.07, 6.45) is 0.247. The number of esters is 1. The van der Waals surface area contributed by atoms with Crippen molar-refractivity contribution in [2.24, 2.45) is 0 Å². The number of ether oxygens (including phenoxy) is 2. The van der Waals surface area contributed by atoms with Crippen molar-refractivity contribution in [3.8, 4) is 28.6 Å². The summed E-state index contributed by atoms with van der Waals surface area (Å²) in [5.41, 5.74) is 2.30. The molecule has 7 nitrogen and oxygen atoms in total. The van der Waals surface area contributed by atoms with Crippen molar-refractivity contribution in [2.45, 2.75) is 65.7 Å². The van der Waals surface area contributed by atoms with Crippen LogP contribution < -0.4 is 10.1 Å². The van der Waals surface area contributed by atoms with Gasteiger partial charge in [0.1, 0.15) is 5.75 Å². The second-order valence-corrected chi connectivity index (χ2v) is 9.56. The van der Waals surface area contributed by atoms with Crippen molar-refractivity contribution in [3.63, 3.8) is 0 Å². The zero-order valence-electron chi connectivity index (χ0n) is 20.5. The van der Waals surface area contributed by atoms with E-state index in [4.69, 9.17) is 25.6 Å². The lowest BCUT2D eigenvalue weighted by Gasteiger charge is -2.27. The molecular formula is C26H32ClN3O4. The third kappa shape index (κ3) is 6.81. The fourth-order valence-corrected chi connectivity index (χ4v) is 3.60. The highest BCUT2D eigenvalue weighted by atomic mass is 35.5. The van der Waals surface area contributed by atoms with E-state index in [0.29, 0.717) is 35.5 Å². The molecule has 0 bridgehead atoms. The minimum atomic E-state index is -0.326. The number of nitrogens with zero attached hydrogens (tertiary/aromatic N) is 2. The van der Waals surface area contributed by atoms with Gasteiger partial charge >= 0.3 is 5.97 Å². The maximum atomic E-state index is 11.8. The lowest BCUT2D eigenvalue weighted by Crippen LogP contribution is -2.38. The molecule has 182 valence electrons. The number of aromatic nitrogens is 2. The molecule has 3 rings (SSSR count). The molecule has 0 fully saturated rings. The van der Waals surface area contributed by atoms with E-state index < -0.39 is 0 Å². The van der Waals surface area contributed by atoms with Crippen LogP contribution in [0.15, 0.2) is 47.0 Å². The van der Waals surface area contributed by atoms with Gasteiger partial charge in [0.15, 0.2) is 0 Å². The Bertz CT molecular complexity index is 1110. The standard InChI is InChI=1S/C26H32ClN3O4/c1-16(2)32-22-12-9-19(15-21(22)27)24-29-25(34-30-24)18-7-10-20(11-8-18)26(5,6)28-14-13-23(31)33-17(3)4/h7-12,15-17,28H,13-14H2,1-6H3. The second kappa shape index (κ2) is 11.0. The van der Waals surface area contributed by atoms with Crippen molar-refractivity contribution in [1.29, 1.82) is 0 Å². The first kappa shape index (κ1) is 25.7. The van der Waals surface area contributed by atoms with Gasteiger partial charge in [-0.25, -0.2) is 0 Å². The van der Waals surface area contributed by atoms with Crippen molar-refractivity contribution in [2.75, 3.05) is 6.54 Å². The molecule has 0 radical (unpaired) electrons. The van der Waals surface area contributed by atoms with Gasteiger partial charge in [0, 0.05) is 23.2 Å². The number of carbonyl (C=O) groups is 1. The molecule has 0 aliphatic carbocycles. The first-order valence-corrected chi connectivity index (χ1v) is 11.8. The van der Waals surface area contributed by atoms with Crippen LogP contribution in [0, 0.1) is 0 Å². The fraction of sp³-hybridized carbons (Fsp3) is 0.423. The molecular weight excluding hydrogens is 454 g/mol. The van der Waals surface area contributed by atoms with Gasteiger partial charge in [0.05, 0.1) is 23.7 Å². The number of hydrogen-bond acceptors (Lipinski definition) is 7. The van der Waals surface area contributed by atoms with E-state index in [9.17, 15) is 4.79 Å². The number of rotatable bonds is 10. The highest BCUT2D eigenvalue weighted by molar-refractivity contribution is 6.32. The van der Waals surface area contributed by atoms with Gasteiger partial charge in [0.2, 0.25) is 5.82 Å². The topological polar surface area (TPSA) is 86.5 Å². The van der Waals surface area contributed by atoms with Crippen LogP contribution in [0.25, 0.3) is 22.8 Å². The number of carbonyl (C=O) groups excluding carboxylic acids is 1. The Labute approximate surface area is 205 Å². The number of nitrogens with one attached hydrogen (secondary N) is 1. The van der Waals surface area contributed by atoms with E-state index in [1.54, 1.807) is 12.1 Å². The molecule has 1 N–H and O–H groups in total. The largest absolute Gasteiger partial charge is 0.489 e. The summed E-state index contributed by atoms with van der Waals surface area (Å²) in [5.74, 6) is 1.28. The van der Waals surface area contributed by atoms with Crippen LogP contribution in [0.5, 0.6) is 5.75 Å². The average Bonchev–Trinajstić information content (AvgIpc) is 3.24. The third-order valence-electron chi connectivity index (χ3n) is 5.10. The van der Waals surface area contributed by atoms with E-state index in [1.807, 2.05) is 58.0 Å². The number of hydrogen-bond donors (Lipinski definition) is 1. The highest BCUT2D eigenvalue weighted by Gasteiger charge is 2.21. The maximum absolute atomic E-state index is 11.8. The van der Waals surface area contributed by atoms with Gasteiger partial charge < -0.3 is 19.3 Å². The Balaban J connectivity index is 1.66. The van der Waals surface area contributed by atoms with E-state index in [1.165, 1.54) is 0 Å². The average molecular weight is 486 g/mol. The quantitative estimate of drug-likeness (QED) is 0.352. The van der Waals surface area contributed by atoms with Crippen LogP contribution in [0.2, 0.25) is 5.02 Å². The Hall–Kier alpha value is -2.90. The lowest BCUT2D eigenvalue weighted by atomic mass is 9.93. The van der Waals surface area contributed by atoms with E-state index in [-0.39, 0.29) is 23.7 Å². The summed E-state index contributed by atoms with van der Waals surface area (Å²) < 4.78 is 16.3. The third-order valence-corrected chi connectivity index (χ3v) is 5.39. The monoisotopic (exact) mass is 485 g/mol. The van der Waals surface area contributed by atoms with Gasteiger partial charge in [-0.15, -0.1) is 0 Å². The molecule has 8 heteroatoms. The minimum absolute atomic E-state index is 0.0321.